The number of carbonyl (C=O) groups is 2. The number of carboxylic acid groups (broad SMARTS) is 1. The van der Waals surface area contributed by atoms with Crippen molar-refractivity contribution in [1.29, 1.82) is 0 Å². The molecule has 0 saturated carbocycles. The summed E-state index contributed by atoms with van der Waals surface area (Å²) in [4.78, 5) is 32.7. The maximum atomic E-state index is 12.4. The summed E-state index contributed by atoms with van der Waals surface area (Å²) in [5.74, 6) is -1.45. The van der Waals surface area contributed by atoms with Crippen LogP contribution in [0.25, 0.3) is 0 Å². The van der Waals surface area contributed by atoms with Gasteiger partial charge < -0.3 is 10.0 Å². The number of carbonyl (C=O) groups excluding carboxylic acids is 1. The molecule has 0 fully saturated rings. The summed E-state index contributed by atoms with van der Waals surface area (Å²) >= 11 is 0. The van der Waals surface area contributed by atoms with Gasteiger partial charge in [0.25, 0.3) is 5.91 Å². The molecular formula is C15H15N3O3. The van der Waals surface area contributed by atoms with Crippen LogP contribution in [-0.2, 0) is 6.54 Å². The van der Waals surface area contributed by atoms with Crippen molar-refractivity contribution in [2.75, 3.05) is 6.54 Å². The first kappa shape index (κ1) is 14.6. The first-order valence-electron chi connectivity index (χ1n) is 6.50. The lowest BCUT2D eigenvalue weighted by Gasteiger charge is -2.20. The third-order valence-electron chi connectivity index (χ3n) is 2.98. The van der Waals surface area contributed by atoms with Gasteiger partial charge in [0.2, 0.25) is 0 Å². The number of carboxylic acids is 1. The van der Waals surface area contributed by atoms with Crippen molar-refractivity contribution in [2.45, 2.75) is 13.5 Å². The van der Waals surface area contributed by atoms with Gasteiger partial charge in [-0.3, -0.25) is 9.78 Å². The standard InChI is InChI=1S/C15H15N3O3/c1-2-18(10-11-6-8-16-9-7-11)14(19)12-4-3-5-13(17-12)15(20)21/h3-9H,2,10H2,1H3,(H,20,21). The van der Waals surface area contributed by atoms with Crippen LogP contribution in [0.5, 0.6) is 0 Å². The van der Waals surface area contributed by atoms with Crippen LogP contribution in [0, 0.1) is 0 Å². The number of nitrogens with zero attached hydrogens (tertiary/aromatic N) is 3. The van der Waals surface area contributed by atoms with Crippen LogP contribution in [0.3, 0.4) is 0 Å². The van der Waals surface area contributed by atoms with Gasteiger partial charge in [-0.15, -0.1) is 0 Å². The van der Waals surface area contributed by atoms with Gasteiger partial charge in [0.15, 0.2) is 0 Å². The molecule has 2 rings (SSSR count). The van der Waals surface area contributed by atoms with Crippen LogP contribution in [-0.4, -0.2) is 38.4 Å². The Bertz CT molecular complexity index is 644. The van der Waals surface area contributed by atoms with E-state index in [2.05, 4.69) is 9.97 Å². The van der Waals surface area contributed by atoms with Crippen LogP contribution in [0.4, 0.5) is 0 Å². The van der Waals surface area contributed by atoms with Gasteiger partial charge in [-0.05, 0) is 36.8 Å². The van der Waals surface area contributed by atoms with E-state index in [1.54, 1.807) is 17.3 Å². The van der Waals surface area contributed by atoms with Crippen molar-refractivity contribution in [3.8, 4) is 0 Å². The molecule has 6 heteroatoms. The third-order valence-corrected chi connectivity index (χ3v) is 2.98. The molecule has 0 saturated heterocycles. The zero-order valence-electron chi connectivity index (χ0n) is 11.6. The lowest BCUT2D eigenvalue weighted by molar-refractivity contribution is 0.0689. The highest BCUT2D eigenvalue weighted by molar-refractivity contribution is 5.94. The predicted molar refractivity (Wildman–Crippen MR) is 75.8 cm³/mol. The highest BCUT2D eigenvalue weighted by Crippen LogP contribution is 2.09. The molecule has 0 spiro atoms. The Kier molecular flexibility index (Phi) is 4.61. The van der Waals surface area contributed by atoms with Crippen LogP contribution in [0.15, 0.2) is 42.7 Å². The van der Waals surface area contributed by atoms with E-state index in [-0.39, 0.29) is 17.3 Å². The van der Waals surface area contributed by atoms with Crippen molar-refractivity contribution in [1.82, 2.24) is 14.9 Å². The van der Waals surface area contributed by atoms with Gasteiger partial charge >= 0.3 is 5.97 Å². The van der Waals surface area contributed by atoms with E-state index in [0.717, 1.165) is 5.56 Å². The first-order chi connectivity index (χ1) is 10.1. The summed E-state index contributed by atoms with van der Waals surface area (Å²) in [5.41, 5.74) is 0.946. The van der Waals surface area contributed by atoms with Gasteiger partial charge in [0, 0.05) is 25.5 Å². The van der Waals surface area contributed by atoms with Crippen molar-refractivity contribution in [2.24, 2.45) is 0 Å². The largest absolute Gasteiger partial charge is 0.477 e. The Balaban J connectivity index is 2.20. The molecule has 0 aromatic carbocycles. The van der Waals surface area contributed by atoms with Crippen LogP contribution < -0.4 is 0 Å². The highest BCUT2D eigenvalue weighted by atomic mass is 16.4. The van der Waals surface area contributed by atoms with Crippen molar-refractivity contribution in [3.05, 3.63) is 59.7 Å². The molecule has 1 N–H and O–H groups in total. The molecule has 21 heavy (non-hydrogen) atoms. The summed E-state index contributed by atoms with van der Waals surface area (Å²) in [6.07, 6.45) is 3.33. The zero-order chi connectivity index (χ0) is 15.2. The molecule has 0 aliphatic heterocycles. The fraction of sp³-hybridized carbons (Fsp3) is 0.200. The smallest absolute Gasteiger partial charge is 0.354 e. The lowest BCUT2D eigenvalue weighted by atomic mass is 10.2. The van der Waals surface area contributed by atoms with Crippen LogP contribution in [0.2, 0.25) is 0 Å². The van der Waals surface area contributed by atoms with E-state index >= 15 is 0 Å². The second kappa shape index (κ2) is 6.60. The monoisotopic (exact) mass is 285 g/mol. The lowest BCUT2D eigenvalue weighted by Crippen LogP contribution is -2.31. The molecule has 2 aromatic heterocycles. The second-order valence-electron chi connectivity index (χ2n) is 4.39. The minimum atomic E-state index is -1.15. The maximum absolute atomic E-state index is 12.4. The Hall–Kier alpha value is -2.76. The number of hydrogen-bond acceptors (Lipinski definition) is 4. The van der Waals surface area contributed by atoms with Gasteiger partial charge in [0.05, 0.1) is 0 Å². The molecule has 0 aliphatic rings. The van der Waals surface area contributed by atoms with E-state index in [1.165, 1.54) is 18.2 Å². The topological polar surface area (TPSA) is 83.4 Å². The van der Waals surface area contributed by atoms with Crippen LogP contribution >= 0.6 is 0 Å². The average molecular weight is 285 g/mol. The van der Waals surface area contributed by atoms with Crippen molar-refractivity contribution in [3.63, 3.8) is 0 Å². The highest BCUT2D eigenvalue weighted by Gasteiger charge is 2.17. The molecule has 6 nitrogen and oxygen atoms in total. The molecule has 0 bridgehead atoms. The third kappa shape index (κ3) is 3.62. The second-order valence-corrected chi connectivity index (χ2v) is 4.39. The first-order valence-corrected chi connectivity index (χ1v) is 6.50. The Morgan fingerprint density at radius 3 is 2.43 bits per heavy atom. The van der Waals surface area contributed by atoms with E-state index < -0.39 is 5.97 Å². The number of pyridine rings is 2. The Morgan fingerprint density at radius 1 is 1.14 bits per heavy atom. The quantitative estimate of drug-likeness (QED) is 0.906. The predicted octanol–water partition coefficient (Wildman–Crippen LogP) is 1.84. The number of hydrogen-bond donors (Lipinski definition) is 1. The minimum Gasteiger partial charge on any atom is -0.477 e. The fourth-order valence-electron chi connectivity index (χ4n) is 1.87. The van der Waals surface area contributed by atoms with Gasteiger partial charge in [0.1, 0.15) is 11.4 Å². The van der Waals surface area contributed by atoms with E-state index in [9.17, 15) is 9.59 Å². The minimum absolute atomic E-state index is 0.130. The zero-order valence-corrected chi connectivity index (χ0v) is 11.6. The fourth-order valence-corrected chi connectivity index (χ4v) is 1.87. The summed E-state index contributed by atoms with van der Waals surface area (Å²) in [6.45, 7) is 2.79. The Labute approximate surface area is 122 Å². The van der Waals surface area contributed by atoms with E-state index in [0.29, 0.717) is 13.1 Å². The van der Waals surface area contributed by atoms with Gasteiger partial charge in [-0.2, -0.15) is 0 Å². The molecule has 0 aliphatic carbocycles. The molecule has 2 heterocycles. The summed E-state index contributed by atoms with van der Waals surface area (Å²) < 4.78 is 0. The van der Waals surface area contributed by atoms with E-state index in [4.69, 9.17) is 5.11 Å². The van der Waals surface area contributed by atoms with Crippen molar-refractivity contribution < 1.29 is 14.7 Å². The summed E-state index contributed by atoms with van der Waals surface area (Å²) in [5, 5.41) is 8.93. The SMILES string of the molecule is CCN(Cc1ccncc1)C(=O)c1cccc(C(=O)O)n1. The van der Waals surface area contributed by atoms with Gasteiger partial charge in [-0.1, -0.05) is 6.07 Å². The molecular weight excluding hydrogens is 270 g/mol. The molecule has 108 valence electrons. The molecule has 0 unspecified atom stereocenters. The Morgan fingerprint density at radius 2 is 1.81 bits per heavy atom. The maximum Gasteiger partial charge on any atom is 0.354 e. The van der Waals surface area contributed by atoms with Gasteiger partial charge in [-0.25, -0.2) is 9.78 Å². The number of rotatable bonds is 5. The van der Waals surface area contributed by atoms with E-state index in [1.807, 2.05) is 19.1 Å². The molecule has 0 radical (unpaired) electrons. The summed E-state index contributed by atoms with van der Waals surface area (Å²) in [6, 6.07) is 8.06. The molecule has 0 atom stereocenters. The average Bonchev–Trinajstić information content (AvgIpc) is 2.53. The number of aromatic nitrogens is 2. The number of amides is 1. The molecule has 2 aromatic rings. The number of aromatic carboxylic acids is 1. The summed E-state index contributed by atoms with van der Waals surface area (Å²) in [7, 11) is 0. The molecule has 1 amide bonds. The van der Waals surface area contributed by atoms with Crippen LogP contribution in [0.1, 0.15) is 33.5 Å². The van der Waals surface area contributed by atoms with Crippen molar-refractivity contribution >= 4 is 11.9 Å². The normalized spacial score (nSPS) is 10.1.